The van der Waals surface area contributed by atoms with Gasteiger partial charge in [0.1, 0.15) is 17.3 Å². The number of anilines is 4. The summed E-state index contributed by atoms with van der Waals surface area (Å²) in [5.74, 6) is -1.26. The van der Waals surface area contributed by atoms with Crippen LogP contribution in [0.4, 0.5) is 36.2 Å². The molecular formula is C31H39F3N6. The van der Waals surface area contributed by atoms with Crippen molar-refractivity contribution in [1.82, 2.24) is 14.9 Å². The number of aromatic nitrogens is 2. The van der Waals surface area contributed by atoms with E-state index in [0.29, 0.717) is 35.0 Å². The Hall–Kier alpha value is -3.33. The topological polar surface area (TPSA) is 47.5 Å². The average Bonchev–Trinajstić information content (AvgIpc) is 2.89. The maximum absolute atomic E-state index is 15.4. The maximum Gasteiger partial charge on any atom is 0.227 e. The highest BCUT2D eigenvalue weighted by Gasteiger charge is 2.34. The molecule has 0 atom stereocenters. The summed E-state index contributed by atoms with van der Waals surface area (Å²) in [5, 5.41) is 2.99. The van der Waals surface area contributed by atoms with Crippen LogP contribution in [0.1, 0.15) is 46.1 Å². The van der Waals surface area contributed by atoms with E-state index < -0.39 is 5.82 Å². The van der Waals surface area contributed by atoms with Crippen molar-refractivity contribution < 1.29 is 13.2 Å². The van der Waals surface area contributed by atoms with Crippen LogP contribution in [0.2, 0.25) is 0 Å². The Bertz CT molecular complexity index is 1380. The van der Waals surface area contributed by atoms with E-state index in [9.17, 15) is 4.39 Å². The monoisotopic (exact) mass is 552 g/mol. The summed E-state index contributed by atoms with van der Waals surface area (Å²) in [6, 6.07) is 8.74. The van der Waals surface area contributed by atoms with E-state index in [0.717, 1.165) is 44.4 Å². The first-order valence-electron chi connectivity index (χ1n) is 14.0. The van der Waals surface area contributed by atoms with Gasteiger partial charge in [0.2, 0.25) is 5.95 Å². The second-order valence-electron chi connectivity index (χ2n) is 12.4. The Balaban J connectivity index is 1.39. The second kappa shape index (κ2) is 10.9. The van der Waals surface area contributed by atoms with Gasteiger partial charge in [-0.2, -0.15) is 0 Å². The zero-order valence-corrected chi connectivity index (χ0v) is 24.2. The smallest absolute Gasteiger partial charge is 0.227 e. The van der Waals surface area contributed by atoms with Gasteiger partial charge in [-0.3, -0.25) is 0 Å². The van der Waals surface area contributed by atoms with Gasteiger partial charge in [0, 0.05) is 54.2 Å². The van der Waals surface area contributed by atoms with Gasteiger partial charge in [-0.1, -0.05) is 13.8 Å². The largest absolute Gasteiger partial charge is 0.369 e. The molecule has 0 radical (unpaired) electrons. The first kappa shape index (κ1) is 28.2. The first-order valence-corrected chi connectivity index (χ1v) is 14.0. The lowest BCUT2D eigenvalue weighted by atomic mass is 9.80. The first-order chi connectivity index (χ1) is 18.9. The van der Waals surface area contributed by atoms with Gasteiger partial charge in [-0.25, -0.2) is 23.1 Å². The van der Waals surface area contributed by atoms with Gasteiger partial charge in [-0.05, 0) is 83.0 Å². The third-order valence-corrected chi connectivity index (χ3v) is 8.12. The molecule has 0 saturated carbocycles. The Kier molecular flexibility index (Phi) is 7.70. The van der Waals surface area contributed by atoms with E-state index in [1.165, 1.54) is 12.1 Å². The minimum Gasteiger partial charge on any atom is -0.369 e. The fraction of sp³-hybridized carbons (Fsp3) is 0.484. The highest BCUT2D eigenvalue weighted by Crippen LogP contribution is 2.41. The summed E-state index contributed by atoms with van der Waals surface area (Å²) in [4.78, 5) is 14.9. The fourth-order valence-corrected chi connectivity index (χ4v) is 5.95. The predicted molar refractivity (Wildman–Crippen MR) is 156 cm³/mol. The molecule has 1 aromatic heterocycles. The third-order valence-electron chi connectivity index (χ3n) is 8.12. The number of hydrogen-bond acceptors (Lipinski definition) is 6. The zero-order chi connectivity index (χ0) is 28.8. The summed E-state index contributed by atoms with van der Waals surface area (Å²) in [6.45, 7) is 10.7. The number of fused-ring (bicyclic) bond motifs is 1. The van der Waals surface area contributed by atoms with Crippen molar-refractivity contribution in [2.45, 2.75) is 59.0 Å². The van der Waals surface area contributed by atoms with Crippen LogP contribution in [0.15, 0.2) is 36.5 Å². The molecule has 2 aliphatic rings. The van der Waals surface area contributed by atoms with Gasteiger partial charge < -0.3 is 20.0 Å². The van der Waals surface area contributed by atoms with E-state index in [4.69, 9.17) is 0 Å². The van der Waals surface area contributed by atoms with E-state index in [1.54, 1.807) is 12.1 Å². The number of rotatable bonds is 6. The van der Waals surface area contributed by atoms with Crippen LogP contribution in [0.25, 0.3) is 11.3 Å². The lowest BCUT2D eigenvalue weighted by molar-refractivity contribution is 0.249. The lowest BCUT2D eigenvalue weighted by Crippen LogP contribution is -2.44. The van der Waals surface area contributed by atoms with Crippen LogP contribution in [0.5, 0.6) is 0 Å². The molecule has 0 bridgehead atoms. The van der Waals surface area contributed by atoms with Crippen LogP contribution < -0.4 is 15.1 Å². The fourth-order valence-electron chi connectivity index (χ4n) is 5.95. The van der Waals surface area contributed by atoms with E-state index in [1.807, 2.05) is 6.07 Å². The molecule has 3 aromatic rings. The predicted octanol–water partition coefficient (Wildman–Crippen LogP) is 6.63. The number of hydrogen-bond donors (Lipinski definition) is 1. The maximum atomic E-state index is 15.4. The Labute approximate surface area is 235 Å². The molecule has 1 fully saturated rings. The van der Waals surface area contributed by atoms with E-state index >= 15 is 8.78 Å². The van der Waals surface area contributed by atoms with Crippen molar-refractivity contribution in [3.63, 3.8) is 0 Å². The lowest BCUT2D eigenvalue weighted by Gasteiger charge is -2.43. The van der Waals surface area contributed by atoms with Crippen LogP contribution in [-0.2, 0) is 6.42 Å². The molecule has 0 unspecified atom stereocenters. The number of nitrogens with one attached hydrogen (secondary N) is 1. The molecule has 1 N–H and O–H groups in total. The third kappa shape index (κ3) is 5.75. The molecule has 5 rings (SSSR count). The average molecular weight is 553 g/mol. The minimum absolute atomic E-state index is 0.00593. The molecule has 0 spiro atoms. The molecule has 9 heteroatoms. The van der Waals surface area contributed by atoms with Crippen LogP contribution in [0, 0.1) is 22.9 Å². The minimum atomic E-state index is -0.653. The molecule has 6 nitrogen and oxygen atoms in total. The highest BCUT2D eigenvalue weighted by molar-refractivity contribution is 5.71. The van der Waals surface area contributed by atoms with Crippen LogP contribution in [0.3, 0.4) is 0 Å². The van der Waals surface area contributed by atoms with E-state index in [-0.39, 0.29) is 34.7 Å². The standard InChI is InChI=1S/C31H39F3N6/c1-19(2)40-18-31(3,4)16-23-24(32)13-20(14-28(23)40)29-26(34)17-35-30(37-29)36-21-7-8-27(25(33)15-21)39-11-9-22(10-12-39)38(5)6/h7-8,13-15,17,19,22H,9-12,16,18H2,1-6H3,(H,35,36,37). The van der Waals surface area contributed by atoms with Crippen LogP contribution >= 0.6 is 0 Å². The number of halogens is 3. The molecule has 3 heterocycles. The molecule has 214 valence electrons. The van der Waals surface area contributed by atoms with Crippen molar-refractivity contribution in [3.05, 3.63) is 59.5 Å². The second-order valence-corrected chi connectivity index (χ2v) is 12.4. The van der Waals surface area contributed by atoms with Crippen LogP contribution in [-0.4, -0.2) is 60.7 Å². The zero-order valence-electron chi connectivity index (χ0n) is 24.2. The molecule has 2 aliphatic heterocycles. The van der Waals surface area contributed by atoms with Gasteiger partial charge >= 0.3 is 0 Å². The Morgan fingerprint density at radius 1 is 0.975 bits per heavy atom. The van der Waals surface area contributed by atoms with Gasteiger partial charge in [-0.15, -0.1) is 0 Å². The van der Waals surface area contributed by atoms with E-state index in [2.05, 4.69) is 71.8 Å². The quantitative estimate of drug-likeness (QED) is 0.370. The van der Waals surface area contributed by atoms with Crippen molar-refractivity contribution in [2.75, 3.05) is 48.8 Å². The molecular weight excluding hydrogens is 513 g/mol. The highest BCUT2D eigenvalue weighted by atomic mass is 19.1. The summed E-state index contributed by atoms with van der Waals surface area (Å²) >= 11 is 0. The molecule has 0 amide bonds. The Morgan fingerprint density at radius 3 is 2.35 bits per heavy atom. The van der Waals surface area contributed by atoms with Crippen molar-refractivity contribution in [3.8, 4) is 11.3 Å². The summed E-state index contributed by atoms with van der Waals surface area (Å²) < 4.78 is 45.5. The summed E-state index contributed by atoms with van der Waals surface area (Å²) in [7, 11) is 4.15. The molecule has 0 aliphatic carbocycles. The summed E-state index contributed by atoms with van der Waals surface area (Å²) in [5.41, 5.74) is 2.68. The van der Waals surface area contributed by atoms with Crippen molar-refractivity contribution >= 4 is 23.0 Å². The van der Waals surface area contributed by atoms with Crippen molar-refractivity contribution in [1.29, 1.82) is 0 Å². The number of piperidine rings is 1. The Morgan fingerprint density at radius 2 is 1.70 bits per heavy atom. The molecule has 1 saturated heterocycles. The normalized spacial score (nSPS) is 17.5. The molecule has 2 aromatic carbocycles. The number of nitrogens with zero attached hydrogens (tertiary/aromatic N) is 5. The number of benzene rings is 2. The van der Waals surface area contributed by atoms with Gasteiger partial charge in [0.05, 0.1) is 11.9 Å². The van der Waals surface area contributed by atoms with Gasteiger partial charge in [0.25, 0.3) is 0 Å². The van der Waals surface area contributed by atoms with Gasteiger partial charge in [0.15, 0.2) is 5.82 Å². The van der Waals surface area contributed by atoms with Crippen molar-refractivity contribution in [2.24, 2.45) is 5.41 Å². The SMILES string of the molecule is CC(C)N1CC(C)(C)Cc2c(F)cc(-c3nc(Nc4ccc(N5CCC(N(C)C)CC5)c(F)c4)ncc3F)cc21. The molecule has 40 heavy (non-hydrogen) atoms. The summed E-state index contributed by atoms with van der Waals surface area (Å²) in [6.07, 6.45) is 3.63.